The van der Waals surface area contributed by atoms with Gasteiger partial charge in [0.25, 0.3) is 0 Å². The Kier molecular flexibility index (Phi) is 3.62. The highest BCUT2D eigenvalue weighted by molar-refractivity contribution is 5.94. The smallest absolute Gasteiger partial charge is 0.232 e. The van der Waals surface area contributed by atoms with E-state index in [1.165, 1.54) is 24.7 Å². The van der Waals surface area contributed by atoms with E-state index in [-0.39, 0.29) is 11.7 Å². The van der Waals surface area contributed by atoms with Gasteiger partial charge in [0.2, 0.25) is 5.91 Å². The third-order valence-corrected chi connectivity index (χ3v) is 2.58. The van der Waals surface area contributed by atoms with E-state index in [4.69, 9.17) is 0 Å². The molecule has 1 N–H and O–H groups in total. The van der Waals surface area contributed by atoms with Crippen LogP contribution in [-0.4, -0.2) is 15.9 Å². The van der Waals surface area contributed by atoms with Crippen LogP contribution in [0.5, 0.6) is 0 Å². The second-order valence-corrected chi connectivity index (χ2v) is 3.82. The average Bonchev–Trinajstić information content (AvgIpc) is 2.39. The highest BCUT2D eigenvalue weighted by Crippen LogP contribution is 2.19. The van der Waals surface area contributed by atoms with Crippen molar-refractivity contribution in [3.63, 3.8) is 0 Å². The first-order valence-corrected chi connectivity index (χ1v) is 5.50. The van der Waals surface area contributed by atoms with E-state index >= 15 is 0 Å². The molecule has 0 bridgehead atoms. The van der Waals surface area contributed by atoms with Crippen LogP contribution in [0.3, 0.4) is 0 Å². The molecule has 1 heterocycles. The number of amides is 1. The number of aromatic nitrogens is 2. The zero-order chi connectivity index (χ0) is 13.0. The van der Waals surface area contributed by atoms with Crippen molar-refractivity contribution in [3.05, 3.63) is 54.2 Å². The van der Waals surface area contributed by atoms with Crippen molar-refractivity contribution < 1.29 is 9.18 Å². The van der Waals surface area contributed by atoms with Crippen LogP contribution in [0, 0.1) is 5.82 Å². The first-order chi connectivity index (χ1) is 8.68. The standard InChI is InChI=1S/C13H12FN3O/c1-9(10-4-2-3-5-11(10)14)13(18)17-12-8-15-6-7-16-12/h2-9H,1H3,(H,16,17,18). The summed E-state index contributed by atoms with van der Waals surface area (Å²) in [5.41, 5.74) is 0.360. The largest absolute Gasteiger partial charge is 0.309 e. The van der Waals surface area contributed by atoms with Crippen LogP contribution in [0.25, 0.3) is 0 Å². The molecule has 0 aliphatic carbocycles. The summed E-state index contributed by atoms with van der Waals surface area (Å²) in [5, 5.41) is 2.59. The van der Waals surface area contributed by atoms with E-state index in [1.54, 1.807) is 25.1 Å². The Morgan fingerprint density at radius 1 is 1.33 bits per heavy atom. The van der Waals surface area contributed by atoms with Gasteiger partial charge in [-0.05, 0) is 18.6 Å². The number of hydrogen-bond acceptors (Lipinski definition) is 3. The molecule has 0 aliphatic rings. The highest BCUT2D eigenvalue weighted by atomic mass is 19.1. The van der Waals surface area contributed by atoms with E-state index < -0.39 is 5.92 Å². The second-order valence-electron chi connectivity index (χ2n) is 3.82. The molecule has 1 aromatic heterocycles. The van der Waals surface area contributed by atoms with Crippen LogP contribution >= 0.6 is 0 Å². The minimum atomic E-state index is -0.590. The van der Waals surface area contributed by atoms with Crippen LogP contribution < -0.4 is 5.32 Å². The summed E-state index contributed by atoms with van der Waals surface area (Å²) in [6, 6.07) is 6.22. The van der Waals surface area contributed by atoms with Crippen molar-refractivity contribution in [1.82, 2.24) is 9.97 Å². The number of nitrogens with zero attached hydrogens (tertiary/aromatic N) is 2. The maximum atomic E-state index is 13.5. The lowest BCUT2D eigenvalue weighted by Crippen LogP contribution is -2.20. The summed E-state index contributed by atoms with van der Waals surface area (Å²) in [5.74, 6) is -0.946. The third-order valence-electron chi connectivity index (χ3n) is 2.58. The molecule has 0 saturated carbocycles. The molecule has 2 rings (SSSR count). The SMILES string of the molecule is CC(C(=O)Nc1cnccn1)c1ccccc1F. The molecule has 4 nitrogen and oxygen atoms in total. The lowest BCUT2D eigenvalue weighted by Gasteiger charge is -2.12. The van der Waals surface area contributed by atoms with Crippen molar-refractivity contribution in [2.75, 3.05) is 5.32 Å². The molecule has 92 valence electrons. The molecular formula is C13H12FN3O. The predicted molar refractivity (Wildman–Crippen MR) is 65.5 cm³/mol. The molecule has 0 saturated heterocycles. The van der Waals surface area contributed by atoms with Gasteiger partial charge in [-0.3, -0.25) is 9.78 Å². The van der Waals surface area contributed by atoms with Crippen LogP contribution in [0.15, 0.2) is 42.9 Å². The van der Waals surface area contributed by atoms with Crippen molar-refractivity contribution in [1.29, 1.82) is 0 Å². The topological polar surface area (TPSA) is 54.9 Å². The Balaban J connectivity index is 2.13. The minimum Gasteiger partial charge on any atom is -0.309 e. The molecule has 1 aromatic carbocycles. The van der Waals surface area contributed by atoms with Gasteiger partial charge in [-0.2, -0.15) is 0 Å². The van der Waals surface area contributed by atoms with Crippen molar-refractivity contribution in [2.45, 2.75) is 12.8 Å². The summed E-state index contributed by atoms with van der Waals surface area (Å²) in [4.78, 5) is 19.7. The molecule has 0 aliphatic heterocycles. The Hall–Kier alpha value is -2.30. The average molecular weight is 245 g/mol. The number of hydrogen-bond donors (Lipinski definition) is 1. The predicted octanol–water partition coefficient (Wildman–Crippen LogP) is 2.36. The van der Waals surface area contributed by atoms with Gasteiger partial charge in [-0.15, -0.1) is 0 Å². The van der Waals surface area contributed by atoms with Gasteiger partial charge in [0, 0.05) is 12.4 Å². The Morgan fingerprint density at radius 3 is 2.78 bits per heavy atom. The molecular weight excluding hydrogens is 233 g/mol. The summed E-state index contributed by atoms with van der Waals surface area (Å²) in [6.07, 6.45) is 4.42. The van der Waals surface area contributed by atoms with Gasteiger partial charge >= 0.3 is 0 Å². The van der Waals surface area contributed by atoms with E-state index in [0.717, 1.165) is 0 Å². The van der Waals surface area contributed by atoms with Crippen LogP contribution in [0.2, 0.25) is 0 Å². The molecule has 1 unspecified atom stereocenters. The van der Waals surface area contributed by atoms with Crippen LogP contribution in [0.4, 0.5) is 10.2 Å². The fraction of sp³-hybridized carbons (Fsp3) is 0.154. The molecule has 18 heavy (non-hydrogen) atoms. The van der Waals surface area contributed by atoms with Crippen LogP contribution in [-0.2, 0) is 4.79 Å². The molecule has 5 heteroatoms. The molecule has 1 atom stereocenters. The number of rotatable bonds is 3. The van der Waals surface area contributed by atoms with E-state index in [2.05, 4.69) is 15.3 Å². The summed E-state index contributed by atoms with van der Waals surface area (Å²) in [6.45, 7) is 1.64. The Morgan fingerprint density at radius 2 is 2.11 bits per heavy atom. The van der Waals surface area contributed by atoms with E-state index in [0.29, 0.717) is 11.4 Å². The molecule has 1 amide bonds. The maximum absolute atomic E-state index is 13.5. The van der Waals surface area contributed by atoms with Gasteiger partial charge < -0.3 is 5.32 Å². The maximum Gasteiger partial charge on any atom is 0.232 e. The number of carbonyl (C=O) groups is 1. The van der Waals surface area contributed by atoms with Crippen molar-refractivity contribution in [2.24, 2.45) is 0 Å². The molecule has 0 fully saturated rings. The van der Waals surface area contributed by atoms with E-state index in [1.807, 2.05) is 0 Å². The molecule has 2 aromatic rings. The molecule has 0 spiro atoms. The van der Waals surface area contributed by atoms with Gasteiger partial charge in [-0.25, -0.2) is 9.37 Å². The van der Waals surface area contributed by atoms with Gasteiger partial charge in [0.1, 0.15) is 5.82 Å². The first kappa shape index (κ1) is 12.2. The van der Waals surface area contributed by atoms with Gasteiger partial charge in [0.05, 0.1) is 12.1 Å². The lowest BCUT2D eigenvalue weighted by atomic mass is 10.00. The first-order valence-electron chi connectivity index (χ1n) is 5.50. The fourth-order valence-electron chi connectivity index (χ4n) is 1.57. The Labute approximate surface area is 104 Å². The highest BCUT2D eigenvalue weighted by Gasteiger charge is 2.18. The second kappa shape index (κ2) is 5.35. The number of nitrogens with one attached hydrogen (secondary N) is 1. The lowest BCUT2D eigenvalue weighted by molar-refractivity contribution is -0.117. The zero-order valence-corrected chi connectivity index (χ0v) is 9.80. The number of benzene rings is 1. The van der Waals surface area contributed by atoms with Crippen molar-refractivity contribution >= 4 is 11.7 Å². The number of halogens is 1. The quantitative estimate of drug-likeness (QED) is 0.903. The zero-order valence-electron chi connectivity index (χ0n) is 9.80. The fourth-order valence-corrected chi connectivity index (χ4v) is 1.57. The third kappa shape index (κ3) is 2.68. The number of anilines is 1. The van der Waals surface area contributed by atoms with Crippen LogP contribution in [0.1, 0.15) is 18.4 Å². The summed E-state index contributed by atoms with van der Waals surface area (Å²) in [7, 11) is 0. The monoisotopic (exact) mass is 245 g/mol. The minimum absolute atomic E-state index is 0.319. The molecule has 0 radical (unpaired) electrons. The normalized spacial score (nSPS) is 11.9. The Bertz CT molecular complexity index is 545. The van der Waals surface area contributed by atoms with Gasteiger partial charge in [0.15, 0.2) is 5.82 Å². The summed E-state index contributed by atoms with van der Waals surface area (Å²) >= 11 is 0. The summed E-state index contributed by atoms with van der Waals surface area (Å²) < 4.78 is 13.5. The van der Waals surface area contributed by atoms with Gasteiger partial charge in [-0.1, -0.05) is 18.2 Å². The van der Waals surface area contributed by atoms with Crippen molar-refractivity contribution in [3.8, 4) is 0 Å². The number of carbonyl (C=O) groups excluding carboxylic acids is 1. The van der Waals surface area contributed by atoms with E-state index in [9.17, 15) is 9.18 Å².